The molecule has 0 saturated heterocycles. The molecule has 122 valence electrons. The van der Waals surface area contributed by atoms with Gasteiger partial charge in [0.2, 0.25) is 0 Å². The van der Waals surface area contributed by atoms with Gasteiger partial charge in [0, 0.05) is 6.42 Å². The largest absolute Gasteiger partial charge is 0.453 e. The number of rotatable bonds is 12. The molecule has 0 aliphatic heterocycles. The summed E-state index contributed by atoms with van der Waals surface area (Å²) < 4.78 is 60.8. The normalized spacial score (nSPS) is 12.9. The molecule has 20 heavy (non-hydrogen) atoms. The zero-order valence-corrected chi connectivity index (χ0v) is 12.7. The zero-order valence-electron chi connectivity index (χ0n) is 11.8. The lowest BCUT2D eigenvalue weighted by Crippen LogP contribution is -2.36. The number of hydrogen-bond donors (Lipinski definition) is 1. The number of hydrogen-bond acceptors (Lipinski definition) is 1. The Kier molecular flexibility index (Phi) is 10.7. The molecule has 0 aliphatic rings. The highest BCUT2D eigenvalue weighted by Gasteiger charge is 2.56. The van der Waals surface area contributed by atoms with Gasteiger partial charge in [-0.25, -0.2) is 0 Å². The molecule has 0 nitrogen and oxygen atoms in total. The van der Waals surface area contributed by atoms with Crippen molar-refractivity contribution in [1.82, 2.24) is 0 Å². The second-order valence-corrected chi connectivity index (χ2v) is 5.66. The maximum Gasteiger partial charge on any atom is 0.453 e. The molecule has 0 aromatic heterocycles. The number of halogens is 5. The van der Waals surface area contributed by atoms with Crippen molar-refractivity contribution in [2.24, 2.45) is 0 Å². The molecule has 0 aromatic rings. The van der Waals surface area contributed by atoms with Gasteiger partial charge in [0.1, 0.15) is 0 Å². The van der Waals surface area contributed by atoms with E-state index in [1.165, 1.54) is 19.3 Å². The van der Waals surface area contributed by atoms with Crippen LogP contribution in [-0.2, 0) is 0 Å². The van der Waals surface area contributed by atoms with E-state index in [2.05, 4.69) is 12.6 Å². The third kappa shape index (κ3) is 9.83. The molecule has 6 heteroatoms. The van der Waals surface area contributed by atoms with E-state index in [0.29, 0.717) is 6.42 Å². The summed E-state index contributed by atoms with van der Waals surface area (Å²) in [6.45, 7) is 0. The van der Waals surface area contributed by atoms with Crippen molar-refractivity contribution in [3.63, 3.8) is 0 Å². The fraction of sp³-hybridized carbons (Fsp3) is 1.00. The summed E-state index contributed by atoms with van der Waals surface area (Å²) in [4.78, 5) is 0. The zero-order chi connectivity index (χ0) is 15.5. The Bertz CT molecular complexity index is 228. The van der Waals surface area contributed by atoms with Gasteiger partial charge in [-0.2, -0.15) is 34.6 Å². The highest BCUT2D eigenvalue weighted by molar-refractivity contribution is 7.80. The maximum absolute atomic E-state index is 12.6. The predicted octanol–water partition coefficient (Wildman–Crippen LogP) is 6.40. The second kappa shape index (κ2) is 10.7. The van der Waals surface area contributed by atoms with E-state index in [1.807, 2.05) is 0 Å². The van der Waals surface area contributed by atoms with E-state index in [0.717, 1.165) is 37.9 Å². The summed E-state index contributed by atoms with van der Waals surface area (Å²) in [5, 5.41) is 0. The molecular formula is C14H25F5S. The first-order valence-electron chi connectivity index (χ1n) is 7.36. The Labute approximate surface area is 123 Å². The minimum absolute atomic E-state index is 0.0611. The summed E-state index contributed by atoms with van der Waals surface area (Å²) in [6.07, 6.45) is 2.40. The monoisotopic (exact) mass is 320 g/mol. The van der Waals surface area contributed by atoms with Gasteiger partial charge in [-0.15, -0.1) is 0 Å². The van der Waals surface area contributed by atoms with Crippen LogP contribution in [0.5, 0.6) is 0 Å². The summed E-state index contributed by atoms with van der Waals surface area (Å²) in [5.41, 5.74) is 0. The fourth-order valence-electron chi connectivity index (χ4n) is 2.01. The molecule has 0 heterocycles. The topological polar surface area (TPSA) is 0 Å². The molecule has 0 atom stereocenters. The van der Waals surface area contributed by atoms with Gasteiger partial charge in [-0.3, -0.25) is 0 Å². The van der Waals surface area contributed by atoms with Crippen LogP contribution in [0.1, 0.15) is 70.6 Å². The third-order valence-corrected chi connectivity index (χ3v) is 3.63. The van der Waals surface area contributed by atoms with Gasteiger partial charge in [0.05, 0.1) is 0 Å². The van der Waals surface area contributed by atoms with Crippen LogP contribution in [0, 0.1) is 0 Å². The van der Waals surface area contributed by atoms with E-state index in [9.17, 15) is 22.0 Å². The third-order valence-electron chi connectivity index (χ3n) is 3.31. The average Bonchev–Trinajstić information content (AvgIpc) is 2.34. The van der Waals surface area contributed by atoms with Crippen molar-refractivity contribution in [2.75, 3.05) is 5.75 Å². The molecule has 0 radical (unpaired) electrons. The Morgan fingerprint density at radius 2 is 0.900 bits per heavy atom. The van der Waals surface area contributed by atoms with Gasteiger partial charge in [0.25, 0.3) is 0 Å². The molecule has 0 saturated carbocycles. The van der Waals surface area contributed by atoms with Crippen LogP contribution in [0.25, 0.3) is 0 Å². The Morgan fingerprint density at radius 3 is 1.25 bits per heavy atom. The molecule has 0 amide bonds. The smallest absolute Gasteiger partial charge is 0.196 e. The van der Waals surface area contributed by atoms with Crippen molar-refractivity contribution in [2.45, 2.75) is 82.7 Å². The van der Waals surface area contributed by atoms with E-state index >= 15 is 0 Å². The Balaban J connectivity index is 3.33. The highest BCUT2D eigenvalue weighted by Crippen LogP contribution is 2.39. The minimum Gasteiger partial charge on any atom is -0.196 e. The predicted molar refractivity (Wildman–Crippen MR) is 75.6 cm³/mol. The Morgan fingerprint density at radius 1 is 0.550 bits per heavy atom. The molecule has 0 N–H and O–H groups in total. The van der Waals surface area contributed by atoms with Crippen molar-refractivity contribution in [3.8, 4) is 0 Å². The lowest BCUT2D eigenvalue weighted by molar-refractivity contribution is -0.284. The van der Waals surface area contributed by atoms with Gasteiger partial charge in [-0.05, 0) is 18.6 Å². The first-order chi connectivity index (χ1) is 9.31. The van der Waals surface area contributed by atoms with Gasteiger partial charge >= 0.3 is 12.1 Å². The number of unbranched alkanes of at least 4 members (excludes halogenated alkanes) is 9. The van der Waals surface area contributed by atoms with Crippen molar-refractivity contribution >= 4 is 12.6 Å². The molecule has 0 spiro atoms. The molecule has 0 fully saturated rings. The van der Waals surface area contributed by atoms with Crippen LogP contribution >= 0.6 is 12.6 Å². The van der Waals surface area contributed by atoms with Crippen LogP contribution < -0.4 is 0 Å². The summed E-state index contributed by atoms with van der Waals surface area (Å²) in [6, 6.07) is 0. The standard InChI is InChI=1S/C14H25F5S/c15-13(16,14(17,18)19)11-9-7-5-3-1-2-4-6-8-10-12-20/h20H,1-12H2. The van der Waals surface area contributed by atoms with Gasteiger partial charge in [0.15, 0.2) is 0 Å². The van der Waals surface area contributed by atoms with E-state index < -0.39 is 18.5 Å². The lowest BCUT2D eigenvalue weighted by atomic mass is 10.0. The van der Waals surface area contributed by atoms with Crippen LogP contribution in [0.15, 0.2) is 0 Å². The average molecular weight is 320 g/mol. The lowest BCUT2D eigenvalue weighted by Gasteiger charge is -2.19. The van der Waals surface area contributed by atoms with E-state index in [1.54, 1.807) is 0 Å². The molecular weight excluding hydrogens is 295 g/mol. The fourth-order valence-corrected chi connectivity index (χ4v) is 2.24. The van der Waals surface area contributed by atoms with Crippen LogP contribution in [0.3, 0.4) is 0 Å². The molecule has 0 bridgehead atoms. The van der Waals surface area contributed by atoms with Crippen molar-refractivity contribution in [3.05, 3.63) is 0 Å². The summed E-state index contributed by atoms with van der Waals surface area (Å²) >= 11 is 4.13. The first-order valence-corrected chi connectivity index (χ1v) is 8.00. The van der Waals surface area contributed by atoms with E-state index in [4.69, 9.17) is 0 Å². The van der Waals surface area contributed by atoms with Crippen LogP contribution in [0.4, 0.5) is 22.0 Å². The van der Waals surface area contributed by atoms with Crippen LogP contribution in [0.2, 0.25) is 0 Å². The first kappa shape index (κ1) is 20.0. The number of alkyl halides is 5. The number of thiol groups is 1. The highest BCUT2D eigenvalue weighted by atomic mass is 32.1. The summed E-state index contributed by atoms with van der Waals surface area (Å²) in [5.74, 6) is -3.61. The maximum atomic E-state index is 12.6. The minimum atomic E-state index is -5.40. The second-order valence-electron chi connectivity index (χ2n) is 5.21. The SMILES string of the molecule is FC(F)(F)C(F)(F)CCCCCCCCCCCCS. The van der Waals surface area contributed by atoms with Crippen molar-refractivity contribution < 1.29 is 22.0 Å². The Hall–Kier alpha value is -0.0000000000000000555. The molecule has 0 aliphatic carbocycles. The quantitative estimate of drug-likeness (QED) is 0.240. The van der Waals surface area contributed by atoms with Gasteiger partial charge in [-0.1, -0.05) is 51.4 Å². The molecule has 0 unspecified atom stereocenters. The van der Waals surface area contributed by atoms with Crippen molar-refractivity contribution in [1.29, 1.82) is 0 Å². The van der Waals surface area contributed by atoms with Crippen LogP contribution in [-0.4, -0.2) is 17.9 Å². The van der Waals surface area contributed by atoms with Gasteiger partial charge < -0.3 is 0 Å². The molecule has 0 rings (SSSR count). The van der Waals surface area contributed by atoms with E-state index in [-0.39, 0.29) is 6.42 Å². The summed E-state index contributed by atoms with van der Waals surface area (Å²) in [7, 11) is 0. The molecule has 0 aromatic carbocycles.